The molecule has 0 fully saturated rings. The summed E-state index contributed by atoms with van der Waals surface area (Å²) < 4.78 is 0. The molecule has 0 unspecified atom stereocenters. The molecule has 0 atom stereocenters. The number of rotatable bonds is 9. The Bertz CT molecular complexity index is 659. The highest BCUT2D eigenvalue weighted by atomic mass is 15.1. The molecule has 1 heterocycles. The second kappa shape index (κ2) is 10.1. The van der Waals surface area contributed by atoms with Gasteiger partial charge < -0.3 is 4.90 Å². The van der Waals surface area contributed by atoms with Gasteiger partial charge in [-0.2, -0.15) is 0 Å². The lowest BCUT2D eigenvalue weighted by molar-refractivity contribution is 0.321. The largest absolute Gasteiger partial charge is 0.306 e. The van der Waals surface area contributed by atoms with Gasteiger partial charge in [-0.25, -0.2) is 0 Å². The standard InChI is InChI=1S/C23H32N2/c1-19(2)8-7-14-25(4)15-12-21-9-5-10-22(17-21)16-20(3)23-11-6-13-24-18-23/h5-6,9-11,13,16-19H,7-8,12,14-15H2,1-4H3/b20-16-. The summed E-state index contributed by atoms with van der Waals surface area (Å²) in [7, 11) is 2.23. The van der Waals surface area contributed by atoms with Crippen LogP contribution in [0.1, 0.15) is 50.3 Å². The van der Waals surface area contributed by atoms with E-state index in [-0.39, 0.29) is 0 Å². The van der Waals surface area contributed by atoms with Crippen LogP contribution in [0.3, 0.4) is 0 Å². The van der Waals surface area contributed by atoms with Crippen LogP contribution in [-0.4, -0.2) is 30.0 Å². The quantitative estimate of drug-likeness (QED) is 0.596. The topological polar surface area (TPSA) is 16.1 Å². The molecule has 0 N–H and O–H groups in total. The van der Waals surface area contributed by atoms with Crippen LogP contribution in [0.4, 0.5) is 0 Å². The van der Waals surface area contributed by atoms with Crippen molar-refractivity contribution in [2.75, 3.05) is 20.1 Å². The molecule has 0 saturated heterocycles. The zero-order valence-corrected chi connectivity index (χ0v) is 16.2. The van der Waals surface area contributed by atoms with E-state index >= 15 is 0 Å². The van der Waals surface area contributed by atoms with Crippen LogP contribution in [-0.2, 0) is 6.42 Å². The highest BCUT2D eigenvalue weighted by Gasteiger charge is 2.02. The minimum Gasteiger partial charge on any atom is -0.306 e. The van der Waals surface area contributed by atoms with Crippen molar-refractivity contribution in [3.8, 4) is 0 Å². The summed E-state index contributed by atoms with van der Waals surface area (Å²) in [6.45, 7) is 9.05. The maximum atomic E-state index is 4.20. The number of benzene rings is 1. The molecule has 0 amide bonds. The second-order valence-electron chi connectivity index (χ2n) is 7.40. The van der Waals surface area contributed by atoms with Gasteiger partial charge in [-0.3, -0.25) is 4.98 Å². The molecule has 1 aromatic carbocycles. The third-order valence-corrected chi connectivity index (χ3v) is 4.55. The summed E-state index contributed by atoms with van der Waals surface area (Å²) >= 11 is 0. The Morgan fingerprint density at radius 3 is 2.72 bits per heavy atom. The lowest BCUT2D eigenvalue weighted by Crippen LogP contribution is -2.22. The first-order chi connectivity index (χ1) is 12.0. The number of likely N-dealkylation sites (N-methyl/N-ethyl adjacent to an activating group) is 1. The van der Waals surface area contributed by atoms with E-state index in [0.29, 0.717) is 0 Å². The van der Waals surface area contributed by atoms with Crippen LogP contribution in [0.15, 0.2) is 48.8 Å². The predicted molar refractivity (Wildman–Crippen MR) is 109 cm³/mol. The molecular weight excluding hydrogens is 304 g/mol. The summed E-state index contributed by atoms with van der Waals surface area (Å²) in [6.07, 6.45) is 9.69. The second-order valence-corrected chi connectivity index (χ2v) is 7.40. The van der Waals surface area contributed by atoms with E-state index in [1.54, 1.807) is 0 Å². The van der Waals surface area contributed by atoms with Crippen LogP contribution in [0.25, 0.3) is 11.6 Å². The van der Waals surface area contributed by atoms with Gasteiger partial charge in [-0.1, -0.05) is 50.3 Å². The average molecular weight is 337 g/mol. The zero-order valence-electron chi connectivity index (χ0n) is 16.2. The molecule has 0 radical (unpaired) electrons. The number of pyridine rings is 1. The Balaban J connectivity index is 1.90. The highest BCUT2D eigenvalue weighted by molar-refractivity contribution is 5.79. The molecule has 0 saturated carbocycles. The van der Waals surface area contributed by atoms with Crippen molar-refractivity contribution in [3.05, 3.63) is 65.5 Å². The van der Waals surface area contributed by atoms with E-state index in [2.05, 4.69) is 74.1 Å². The highest BCUT2D eigenvalue weighted by Crippen LogP contribution is 2.17. The van der Waals surface area contributed by atoms with Gasteiger partial charge in [-0.05, 0) is 74.0 Å². The molecule has 2 aromatic rings. The van der Waals surface area contributed by atoms with Gasteiger partial charge >= 0.3 is 0 Å². The van der Waals surface area contributed by atoms with Gasteiger partial charge in [0.05, 0.1) is 0 Å². The summed E-state index contributed by atoms with van der Waals surface area (Å²) in [4.78, 5) is 6.65. The number of allylic oxidation sites excluding steroid dienone is 1. The van der Waals surface area contributed by atoms with Gasteiger partial charge in [0.25, 0.3) is 0 Å². The van der Waals surface area contributed by atoms with Crippen molar-refractivity contribution in [3.63, 3.8) is 0 Å². The van der Waals surface area contributed by atoms with Gasteiger partial charge in [0, 0.05) is 18.9 Å². The normalized spacial score (nSPS) is 12.2. The molecular formula is C23H32N2. The molecule has 0 bridgehead atoms. The number of nitrogens with zero attached hydrogens (tertiary/aromatic N) is 2. The lowest BCUT2D eigenvalue weighted by atomic mass is 10.0. The van der Waals surface area contributed by atoms with E-state index in [0.717, 1.165) is 18.9 Å². The number of hydrogen-bond acceptors (Lipinski definition) is 2. The molecule has 0 spiro atoms. The molecule has 0 aliphatic rings. The predicted octanol–water partition coefficient (Wildman–Crippen LogP) is 5.55. The van der Waals surface area contributed by atoms with Crippen LogP contribution < -0.4 is 0 Å². The van der Waals surface area contributed by atoms with Crippen molar-refractivity contribution in [2.24, 2.45) is 5.92 Å². The first-order valence-corrected chi connectivity index (χ1v) is 9.41. The first-order valence-electron chi connectivity index (χ1n) is 9.41. The van der Waals surface area contributed by atoms with Crippen molar-refractivity contribution in [2.45, 2.75) is 40.0 Å². The summed E-state index contributed by atoms with van der Waals surface area (Å²) in [5.41, 5.74) is 5.10. The Hall–Kier alpha value is -1.93. The van der Waals surface area contributed by atoms with Crippen molar-refractivity contribution < 1.29 is 0 Å². The summed E-state index contributed by atoms with van der Waals surface area (Å²) in [5, 5.41) is 0. The fraction of sp³-hybridized carbons (Fsp3) is 0.435. The molecule has 0 aliphatic heterocycles. The molecule has 2 nitrogen and oxygen atoms in total. The van der Waals surface area contributed by atoms with E-state index in [9.17, 15) is 0 Å². The minimum atomic E-state index is 0.805. The summed E-state index contributed by atoms with van der Waals surface area (Å²) in [6, 6.07) is 13.0. The van der Waals surface area contributed by atoms with Gasteiger partial charge in [0.1, 0.15) is 0 Å². The third kappa shape index (κ3) is 7.23. The van der Waals surface area contributed by atoms with Crippen molar-refractivity contribution >= 4 is 11.6 Å². The lowest BCUT2D eigenvalue weighted by Gasteiger charge is -2.17. The smallest absolute Gasteiger partial charge is 0.0342 e. The number of hydrogen-bond donors (Lipinski definition) is 0. The van der Waals surface area contributed by atoms with Crippen LogP contribution in [0.2, 0.25) is 0 Å². The van der Waals surface area contributed by atoms with Gasteiger partial charge in [-0.15, -0.1) is 0 Å². The SMILES string of the molecule is C/C(=C/c1cccc(CCN(C)CCCC(C)C)c1)c1cccnc1. The molecule has 1 aromatic heterocycles. The Kier molecular flexibility index (Phi) is 7.87. The average Bonchev–Trinajstić information content (AvgIpc) is 2.61. The van der Waals surface area contributed by atoms with E-state index in [1.165, 1.54) is 41.6 Å². The van der Waals surface area contributed by atoms with Crippen LogP contribution >= 0.6 is 0 Å². The molecule has 25 heavy (non-hydrogen) atoms. The maximum Gasteiger partial charge on any atom is 0.0342 e. The van der Waals surface area contributed by atoms with Crippen molar-refractivity contribution in [1.29, 1.82) is 0 Å². The maximum absolute atomic E-state index is 4.20. The molecule has 2 rings (SSSR count). The Morgan fingerprint density at radius 1 is 1.16 bits per heavy atom. The molecule has 0 aliphatic carbocycles. The monoisotopic (exact) mass is 336 g/mol. The van der Waals surface area contributed by atoms with Crippen LogP contribution in [0, 0.1) is 5.92 Å². The summed E-state index contributed by atoms with van der Waals surface area (Å²) in [5.74, 6) is 0.805. The van der Waals surface area contributed by atoms with E-state index in [4.69, 9.17) is 0 Å². The van der Waals surface area contributed by atoms with Crippen LogP contribution in [0.5, 0.6) is 0 Å². The van der Waals surface area contributed by atoms with Gasteiger partial charge in [0.2, 0.25) is 0 Å². The zero-order chi connectivity index (χ0) is 18.1. The first kappa shape index (κ1) is 19.4. The minimum absolute atomic E-state index is 0.805. The fourth-order valence-electron chi connectivity index (χ4n) is 2.97. The van der Waals surface area contributed by atoms with E-state index in [1.807, 2.05) is 18.5 Å². The van der Waals surface area contributed by atoms with Gasteiger partial charge in [0.15, 0.2) is 0 Å². The molecule has 134 valence electrons. The molecule has 2 heteroatoms. The Morgan fingerprint density at radius 2 is 2.00 bits per heavy atom. The Labute approximate surface area is 153 Å². The number of aromatic nitrogens is 1. The van der Waals surface area contributed by atoms with Crippen molar-refractivity contribution in [1.82, 2.24) is 9.88 Å². The third-order valence-electron chi connectivity index (χ3n) is 4.55. The van der Waals surface area contributed by atoms with E-state index < -0.39 is 0 Å². The fourth-order valence-corrected chi connectivity index (χ4v) is 2.97.